The molecule has 1 aromatic carbocycles. The van der Waals surface area contributed by atoms with Gasteiger partial charge in [-0.1, -0.05) is 6.07 Å². The van der Waals surface area contributed by atoms with E-state index in [-0.39, 0.29) is 17.0 Å². The van der Waals surface area contributed by atoms with Crippen LogP contribution in [-0.2, 0) is 11.9 Å². The van der Waals surface area contributed by atoms with Crippen molar-refractivity contribution in [2.24, 2.45) is 0 Å². The maximum Gasteiger partial charge on any atom is 0.416 e. The molecule has 1 nitrogen and oxygen atoms in total. The van der Waals surface area contributed by atoms with E-state index in [9.17, 15) is 13.2 Å². The first kappa shape index (κ1) is 12.2. The van der Waals surface area contributed by atoms with Crippen molar-refractivity contribution in [3.63, 3.8) is 0 Å². The van der Waals surface area contributed by atoms with E-state index in [1.165, 1.54) is 17.8 Å². The molecule has 0 amide bonds. The number of alkyl halides is 3. The van der Waals surface area contributed by atoms with E-state index in [0.29, 0.717) is 5.56 Å². The Labute approximate surface area is 90.9 Å². The van der Waals surface area contributed by atoms with Crippen molar-refractivity contribution in [2.75, 3.05) is 12.0 Å². The number of aryl methyl sites for hydroxylation is 1. The van der Waals surface area contributed by atoms with Crippen molar-refractivity contribution in [1.29, 1.82) is 0 Å². The second-order valence-corrected chi connectivity index (χ2v) is 4.12. The van der Waals surface area contributed by atoms with Crippen LogP contribution < -0.4 is 5.73 Å². The van der Waals surface area contributed by atoms with Gasteiger partial charge in [0.05, 0.1) is 5.56 Å². The number of halogens is 3. The van der Waals surface area contributed by atoms with Crippen molar-refractivity contribution in [1.82, 2.24) is 0 Å². The average molecular weight is 235 g/mol. The molecule has 0 heterocycles. The van der Waals surface area contributed by atoms with Crippen LogP contribution in [0.2, 0.25) is 0 Å². The SMILES string of the molecule is CSCc1c(C(F)(F)F)ccc(C)c1N. The zero-order valence-electron chi connectivity index (χ0n) is 8.48. The monoisotopic (exact) mass is 235 g/mol. The molecule has 1 rings (SSSR count). The molecule has 0 saturated heterocycles. The minimum Gasteiger partial charge on any atom is -0.398 e. The van der Waals surface area contributed by atoms with Crippen molar-refractivity contribution < 1.29 is 13.2 Å². The van der Waals surface area contributed by atoms with Gasteiger partial charge in [0.1, 0.15) is 0 Å². The van der Waals surface area contributed by atoms with Crippen LogP contribution in [0.1, 0.15) is 16.7 Å². The van der Waals surface area contributed by atoms with E-state index >= 15 is 0 Å². The number of nitrogen functional groups attached to an aromatic ring is 1. The molecule has 0 saturated carbocycles. The first-order chi connectivity index (χ1) is 6.88. The predicted octanol–water partition coefficient (Wildman–Crippen LogP) is 3.46. The molecule has 84 valence electrons. The Morgan fingerprint density at radius 1 is 1.33 bits per heavy atom. The van der Waals surface area contributed by atoms with Crippen molar-refractivity contribution >= 4 is 17.4 Å². The van der Waals surface area contributed by atoms with Gasteiger partial charge in [0.15, 0.2) is 0 Å². The number of benzene rings is 1. The first-order valence-electron chi connectivity index (χ1n) is 4.32. The lowest BCUT2D eigenvalue weighted by Crippen LogP contribution is -2.11. The van der Waals surface area contributed by atoms with E-state index in [2.05, 4.69) is 0 Å². The fourth-order valence-electron chi connectivity index (χ4n) is 1.35. The molecule has 15 heavy (non-hydrogen) atoms. The number of nitrogens with two attached hydrogens (primary N) is 1. The van der Waals surface area contributed by atoms with Crippen molar-refractivity contribution in [3.05, 3.63) is 28.8 Å². The summed E-state index contributed by atoms with van der Waals surface area (Å²) in [5, 5.41) is 0. The molecule has 0 aliphatic rings. The first-order valence-corrected chi connectivity index (χ1v) is 5.71. The highest BCUT2D eigenvalue weighted by Crippen LogP contribution is 2.36. The van der Waals surface area contributed by atoms with Crippen LogP contribution in [0.15, 0.2) is 12.1 Å². The van der Waals surface area contributed by atoms with Gasteiger partial charge in [0, 0.05) is 11.4 Å². The molecule has 0 spiro atoms. The highest BCUT2D eigenvalue weighted by molar-refractivity contribution is 7.97. The Balaban J connectivity index is 3.33. The maximum absolute atomic E-state index is 12.6. The summed E-state index contributed by atoms with van der Waals surface area (Å²) in [5.41, 5.74) is 6.15. The van der Waals surface area contributed by atoms with Crippen LogP contribution in [0, 0.1) is 6.92 Å². The van der Waals surface area contributed by atoms with E-state index in [1.54, 1.807) is 13.2 Å². The lowest BCUT2D eigenvalue weighted by atomic mass is 10.0. The van der Waals surface area contributed by atoms with Gasteiger partial charge in [0.25, 0.3) is 0 Å². The molecule has 1 aromatic rings. The molecule has 0 bridgehead atoms. The molecule has 0 fully saturated rings. The summed E-state index contributed by atoms with van der Waals surface area (Å²) < 4.78 is 37.9. The molecule has 0 aliphatic carbocycles. The molecule has 0 aliphatic heterocycles. The number of hydrogen-bond donors (Lipinski definition) is 1. The van der Waals surface area contributed by atoms with Crippen LogP contribution in [0.5, 0.6) is 0 Å². The largest absolute Gasteiger partial charge is 0.416 e. The minimum absolute atomic E-state index is 0.190. The maximum atomic E-state index is 12.6. The summed E-state index contributed by atoms with van der Waals surface area (Å²) >= 11 is 1.33. The van der Waals surface area contributed by atoms with E-state index in [4.69, 9.17) is 5.73 Å². The Kier molecular flexibility index (Phi) is 3.54. The summed E-state index contributed by atoms with van der Waals surface area (Å²) in [6, 6.07) is 2.50. The van der Waals surface area contributed by atoms with Crippen LogP contribution in [0.3, 0.4) is 0 Å². The van der Waals surface area contributed by atoms with Gasteiger partial charge in [-0.25, -0.2) is 0 Å². The minimum atomic E-state index is -4.33. The quantitative estimate of drug-likeness (QED) is 0.794. The van der Waals surface area contributed by atoms with Gasteiger partial charge in [-0.05, 0) is 30.4 Å². The molecule has 0 aromatic heterocycles. The molecule has 0 radical (unpaired) electrons. The highest BCUT2D eigenvalue weighted by Gasteiger charge is 2.34. The normalized spacial score (nSPS) is 11.8. The van der Waals surface area contributed by atoms with Crippen LogP contribution >= 0.6 is 11.8 Å². The highest BCUT2D eigenvalue weighted by atomic mass is 32.2. The standard InChI is InChI=1S/C10H12F3NS/c1-6-3-4-8(10(11,12)13)7(5-15-2)9(6)14/h3-4H,5,14H2,1-2H3. The Bertz CT molecular complexity index is 360. The van der Waals surface area contributed by atoms with E-state index in [0.717, 1.165) is 6.07 Å². The lowest BCUT2D eigenvalue weighted by Gasteiger charge is -2.15. The molecule has 5 heteroatoms. The molecule has 2 N–H and O–H groups in total. The lowest BCUT2D eigenvalue weighted by molar-refractivity contribution is -0.138. The van der Waals surface area contributed by atoms with Crippen molar-refractivity contribution in [2.45, 2.75) is 18.9 Å². The smallest absolute Gasteiger partial charge is 0.398 e. The predicted molar refractivity (Wildman–Crippen MR) is 57.8 cm³/mol. The zero-order chi connectivity index (χ0) is 11.6. The molecular weight excluding hydrogens is 223 g/mol. The molecule has 0 atom stereocenters. The number of hydrogen-bond acceptors (Lipinski definition) is 2. The second-order valence-electron chi connectivity index (χ2n) is 3.25. The Morgan fingerprint density at radius 2 is 1.93 bits per heavy atom. The number of thioether (sulfide) groups is 1. The van der Waals surface area contributed by atoms with Gasteiger partial charge < -0.3 is 5.73 Å². The van der Waals surface area contributed by atoms with Gasteiger partial charge in [-0.15, -0.1) is 0 Å². The van der Waals surface area contributed by atoms with E-state index in [1.807, 2.05) is 0 Å². The fourth-order valence-corrected chi connectivity index (χ4v) is 1.95. The summed E-state index contributed by atoms with van der Waals surface area (Å²) in [7, 11) is 0. The Hall–Kier alpha value is -0.840. The summed E-state index contributed by atoms with van der Waals surface area (Å²) in [6.45, 7) is 1.71. The third-order valence-electron chi connectivity index (χ3n) is 2.17. The van der Waals surface area contributed by atoms with E-state index < -0.39 is 11.7 Å². The van der Waals surface area contributed by atoms with Gasteiger partial charge in [0.2, 0.25) is 0 Å². The Morgan fingerprint density at radius 3 is 2.40 bits per heavy atom. The summed E-state index contributed by atoms with van der Waals surface area (Å²) in [6.07, 6.45) is -2.57. The number of rotatable bonds is 2. The third kappa shape index (κ3) is 2.59. The fraction of sp³-hybridized carbons (Fsp3) is 0.400. The van der Waals surface area contributed by atoms with Crippen molar-refractivity contribution in [3.8, 4) is 0 Å². The van der Waals surface area contributed by atoms with Crippen LogP contribution in [-0.4, -0.2) is 6.26 Å². The van der Waals surface area contributed by atoms with Crippen LogP contribution in [0.25, 0.3) is 0 Å². The summed E-state index contributed by atoms with van der Waals surface area (Å²) in [5.74, 6) is 0.280. The number of anilines is 1. The van der Waals surface area contributed by atoms with Crippen LogP contribution in [0.4, 0.5) is 18.9 Å². The average Bonchev–Trinajstić information content (AvgIpc) is 2.11. The second kappa shape index (κ2) is 4.35. The molecular formula is C10H12F3NS. The van der Waals surface area contributed by atoms with Gasteiger partial charge in [-0.2, -0.15) is 24.9 Å². The van der Waals surface area contributed by atoms with Gasteiger partial charge >= 0.3 is 6.18 Å². The summed E-state index contributed by atoms with van der Waals surface area (Å²) in [4.78, 5) is 0. The third-order valence-corrected chi connectivity index (χ3v) is 2.75. The molecule has 0 unspecified atom stereocenters. The zero-order valence-corrected chi connectivity index (χ0v) is 9.30. The van der Waals surface area contributed by atoms with Gasteiger partial charge in [-0.3, -0.25) is 0 Å². The topological polar surface area (TPSA) is 26.0 Å².